The van der Waals surface area contributed by atoms with Crippen LogP contribution in [0.1, 0.15) is 73.1 Å². The third-order valence-corrected chi connectivity index (χ3v) is 7.20. The van der Waals surface area contributed by atoms with E-state index < -0.39 is 0 Å². The van der Waals surface area contributed by atoms with E-state index in [2.05, 4.69) is 39.9 Å². The molecule has 0 saturated heterocycles. The van der Waals surface area contributed by atoms with Crippen LogP contribution in [0.5, 0.6) is 0 Å². The van der Waals surface area contributed by atoms with E-state index >= 15 is 0 Å². The lowest BCUT2D eigenvalue weighted by Crippen LogP contribution is -2.48. The van der Waals surface area contributed by atoms with Gasteiger partial charge in [0.1, 0.15) is 0 Å². The minimum absolute atomic E-state index is 0.546. The highest BCUT2D eigenvalue weighted by Crippen LogP contribution is 2.65. The quantitative estimate of drug-likeness (QED) is 0.766. The lowest BCUT2D eigenvalue weighted by atomic mass is 9.69. The highest BCUT2D eigenvalue weighted by atomic mass is 15.0. The summed E-state index contributed by atoms with van der Waals surface area (Å²) < 4.78 is 0. The molecule has 0 spiro atoms. The van der Waals surface area contributed by atoms with Crippen molar-refractivity contribution in [2.45, 2.75) is 85.2 Å². The van der Waals surface area contributed by atoms with Crippen LogP contribution < -0.4 is 5.32 Å². The Morgan fingerprint density at radius 1 is 0.944 bits per heavy atom. The topological polar surface area (TPSA) is 12.0 Å². The van der Waals surface area contributed by atoms with E-state index in [0.717, 1.165) is 18.0 Å². The summed E-state index contributed by atoms with van der Waals surface area (Å²) in [5.74, 6) is 0.967. The van der Waals surface area contributed by atoms with E-state index in [1.807, 2.05) is 0 Å². The first kappa shape index (κ1) is 13.0. The zero-order valence-corrected chi connectivity index (χ0v) is 13.0. The first-order valence-electron chi connectivity index (χ1n) is 8.01. The highest BCUT2D eigenvalue weighted by molar-refractivity contribution is 5.13. The van der Waals surface area contributed by atoms with Gasteiger partial charge in [0, 0.05) is 12.1 Å². The molecule has 3 saturated carbocycles. The minimum Gasteiger partial charge on any atom is -0.311 e. The number of fused-ring (bicyclic) bond motifs is 2. The summed E-state index contributed by atoms with van der Waals surface area (Å²) in [7, 11) is 0. The second-order valence-corrected chi connectivity index (χ2v) is 8.93. The van der Waals surface area contributed by atoms with Gasteiger partial charge in [-0.1, -0.05) is 34.6 Å². The van der Waals surface area contributed by atoms with Crippen LogP contribution in [-0.2, 0) is 0 Å². The van der Waals surface area contributed by atoms with E-state index in [4.69, 9.17) is 0 Å². The first-order chi connectivity index (χ1) is 8.25. The van der Waals surface area contributed by atoms with Crippen molar-refractivity contribution in [3.05, 3.63) is 0 Å². The van der Waals surface area contributed by atoms with Crippen LogP contribution in [0.3, 0.4) is 0 Å². The Balaban J connectivity index is 1.69. The molecule has 4 unspecified atom stereocenters. The first-order valence-corrected chi connectivity index (χ1v) is 8.01. The monoisotopic (exact) mass is 249 g/mol. The maximum Gasteiger partial charge on any atom is 0.0131 e. The zero-order chi connectivity index (χ0) is 13.2. The minimum atomic E-state index is 0.546. The number of hydrogen-bond donors (Lipinski definition) is 1. The van der Waals surface area contributed by atoms with Gasteiger partial charge >= 0.3 is 0 Å². The Morgan fingerprint density at radius 3 is 2.11 bits per heavy atom. The molecule has 0 amide bonds. The Morgan fingerprint density at radius 2 is 1.67 bits per heavy atom. The molecule has 3 aliphatic rings. The van der Waals surface area contributed by atoms with Crippen molar-refractivity contribution < 1.29 is 0 Å². The predicted molar refractivity (Wildman–Crippen MR) is 77.6 cm³/mol. The summed E-state index contributed by atoms with van der Waals surface area (Å²) in [5, 5.41) is 4.06. The van der Waals surface area contributed by atoms with Crippen molar-refractivity contribution in [2.75, 3.05) is 0 Å². The molecule has 0 aromatic carbocycles. The molecule has 3 aliphatic carbocycles. The maximum absolute atomic E-state index is 4.06. The normalized spacial score (nSPS) is 48.8. The number of rotatable bonds is 2. The van der Waals surface area contributed by atoms with Crippen molar-refractivity contribution in [1.29, 1.82) is 0 Å². The van der Waals surface area contributed by atoms with Crippen LogP contribution >= 0.6 is 0 Å². The molecular formula is C17H31N. The van der Waals surface area contributed by atoms with E-state index in [0.29, 0.717) is 16.2 Å². The van der Waals surface area contributed by atoms with Gasteiger partial charge in [-0.25, -0.2) is 0 Å². The second-order valence-electron chi connectivity index (χ2n) is 8.93. The molecule has 1 N–H and O–H groups in total. The standard InChI is InChI=1S/C17H31N/c1-15(2)8-7-13(11-15)18-14-10-12-6-9-17(14,5)16(12,3)4/h12-14,18H,6-11H2,1-5H3. The third-order valence-electron chi connectivity index (χ3n) is 7.20. The Kier molecular flexibility index (Phi) is 2.70. The molecule has 104 valence electrons. The van der Waals surface area contributed by atoms with Gasteiger partial charge in [-0.05, 0) is 60.7 Å². The van der Waals surface area contributed by atoms with Gasteiger partial charge in [0.05, 0.1) is 0 Å². The van der Waals surface area contributed by atoms with E-state index in [9.17, 15) is 0 Å². The molecule has 0 heterocycles. The maximum atomic E-state index is 4.06. The average molecular weight is 249 g/mol. The fraction of sp³-hybridized carbons (Fsp3) is 1.00. The average Bonchev–Trinajstić information content (AvgIpc) is 2.76. The summed E-state index contributed by atoms with van der Waals surface area (Å²) in [6, 6.07) is 1.57. The molecule has 1 nitrogen and oxygen atoms in total. The summed E-state index contributed by atoms with van der Waals surface area (Å²) in [4.78, 5) is 0. The third kappa shape index (κ3) is 1.69. The van der Waals surface area contributed by atoms with Crippen LogP contribution in [0.15, 0.2) is 0 Å². The van der Waals surface area contributed by atoms with Gasteiger partial charge in [-0.3, -0.25) is 0 Å². The summed E-state index contributed by atoms with van der Waals surface area (Å²) in [6.45, 7) is 12.5. The molecular weight excluding hydrogens is 218 g/mol. The van der Waals surface area contributed by atoms with Gasteiger partial charge in [-0.15, -0.1) is 0 Å². The molecule has 18 heavy (non-hydrogen) atoms. The SMILES string of the molecule is CC1(C)CCC(NC2CC3CCC2(C)C3(C)C)C1. The fourth-order valence-corrected chi connectivity index (χ4v) is 5.32. The highest BCUT2D eigenvalue weighted by Gasteiger charge is 2.61. The molecule has 0 aromatic rings. The predicted octanol–water partition coefficient (Wildman–Crippen LogP) is 4.37. The van der Waals surface area contributed by atoms with E-state index in [1.165, 1.54) is 38.5 Å². The lowest BCUT2D eigenvalue weighted by molar-refractivity contribution is 0.114. The van der Waals surface area contributed by atoms with Gasteiger partial charge in [0.15, 0.2) is 0 Å². The van der Waals surface area contributed by atoms with Gasteiger partial charge in [-0.2, -0.15) is 0 Å². The molecule has 3 fully saturated rings. The second kappa shape index (κ2) is 3.75. The van der Waals surface area contributed by atoms with Gasteiger partial charge in [0.2, 0.25) is 0 Å². The zero-order valence-electron chi connectivity index (χ0n) is 13.0. The van der Waals surface area contributed by atoms with Crippen LogP contribution in [0, 0.1) is 22.2 Å². The van der Waals surface area contributed by atoms with Crippen molar-refractivity contribution in [3.63, 3.8) is 0 Å². The number of hydrogen-bond acceptors (Lipinski definition) is 1. The lowest BCUT2D eigenvalue weighted by Gasteiger charge is -2.41. The molecule has 0 radical (unpaired) electrons. The van der Waals surface area contributed by atoms with E-state index in [-0.39, 0.29) is 0 Å². The summed E-state index contributed by atoms with van der Waals surface area (Å²) >= 11 is 0. The van der Waals surface area contributed by atoms with Gasteiger partial charge in [0.25, 0.3) is 0 Å². The molecule has 2 bridgehead atoms. The largest absolute Gasteiger partial charge is 0.311 e. The van der Waals surface area contributed by atoms with Crippen LogP contribution in [0.2, 0.25) is 0 Å². The Labute approximate surface area is 113 Å². The molecule has 3 rings (SSSR count). The molecule has 0 aliphatic heterocycles. The van der Waals surface area contributed by atoms with Crippen molar-refractivity contribution in [2.24, 2.45) is 22.2 Å². The summed E-state index contributed by atoms with van der Waals surface area (Å²) in [6.07, 6.45) is 8.52. The Hall–Kier alpha value is -0.0400. The molecule has 1 heteroatoms. The van der Waals surface area contributed by atoms with Crippen LogP contribution in [0.25, 0.3) is 0 Å². The Bertz CT molecular complexity index is 344. The summed E-state index contributed by atoms with van der Waals surface area (Å²) in [5.41, 5.74) is 1.68. The van der Waals surface area contributed by atoms with Crippen molar-refractivity contribution >= 4 is 0 Å². The van der Waals surface area contributed by atoms with Crippen LogP contribution in [0.4, 0.5) is 0 Å². The molecule has 0 aromatic heterocycles. The van der Waals surface area contributed by atoms with Gasteiger partial charge < -0.3 is 5.32 Å². The smallest absolute Gasteiger partial charge is 0.0131 e. The fourth-order valence-electron chi connectivity index (χ4n) is 5.32. The van der Waals surface area contributed by atoms with E-state index in [1.54, 1.807) is 0 Å². The molecule has 4 atom stereocenters. The number of nitrogens with one attached hydrogen (secondary N) is 1. The van der Waals surface area contributed by atoms with Crippen LogP contribution in [-0.4, -0.2) is 12.1 Å². The van der Waals surface area contributed by atoms with Crippen molar-refractivity contribution in [3.8, 4) is 0 Å². The van der Waals surface area contributed by atoms with Crippen molar-refractivity contribution in [1.82, 2.24) is 5.32 Å².